The van der Waals surface area contributed by atoms with Gasteiger partial charge in [0.15, 0.2) is 0 Å². The molecular formula is C24H26N4O4. The molecule has 8 nitrogen and oxygen atoms in total. The zero-order chi connectivity index (χ0) is 22.5. The summed E-state index contributed by atoms with van der Waals surface area (Å²) in [6.07, 6.45) is 1.45. The molecule has 2 heterocycles. The third-order valence-corrected chi connectivity index (χ3v) is 5.55. The maximum absolute atomic E-state index is 12.8. The van der Waals surface area contributed by atoms with Crippen LogP contribution in [0.3, 0.4) is 0 Å². The first kappa shape index (κ1) is 21.5. The van der Waals surface area contributed by atoms with E-state index in [0.717, 1.165) is 18.4 Å². The molecule has 0 atom stereocenters. The van der Waals surface area contributed by atoms with Gasteiger partial charge in [0.25, 0.3) is 0 Å². The Balaban J connectivity index is 1.36. The lowest BCUT2D eigenvalue weighted by atomic mass is 9.97. The zero-order valence-corrected chi connectivity index (χ0v) is 18.2. The number of rotatable bonds is 5. The Labute approximate surface area is 186 Å². The number of carbonyl (C=O) groups is 2. The molecule has 0 aliphatic carbocycles. The van der Waals surface area contributed by atoms with E-state index in [1.165, 1.54) is 5.56 Å². The second kappa shape index (κ2) is 9.64. The van der Waals surface area contributed by atoms with Crippen molar-refractivity contribution in [3.63, 3.8) is 0 Å². The highest BCUT2D eigenvalue weighted by atomic mass is 16.5. The standard InChI is InChI=1S/C24H26N4O4/c1-3-31-23(29)19-6-4-5-7-20(19)25-24(30)28-14-12-18(13-15-28)22-26-21(27-32-22)17-10-8-16(2)9-11-17/h4-11,18H,3,12-15H2,1-2H3,(H,25,30). The number of amides is 2. The van der Waals surface area contributed by atoms with E-state index in [1.807, 2.05) is 31.2 Å². The van der Waals surface area contributed by atoms with Gasteiger partial charge in [0, 0.05) is 24.6 Å². The van der Waals surface area contributed by atoms with Crippen LogP contribution in [-0.4, -0.2) is 46.7 Å². The maximum Gasteiger partial charge on any atom is 0.340 e. The fourth-order valence-electron chi connectivity index (χ4n) is 3.72. The number of carbonyl (C=O) groups excluding carboxylic acids is 2. The molecule has 32 heavy (non-hydrogen) atoms. The average molecular weight is 434 g/mol. The maximum atomic E-state index is 12.8. The second-order valence-electron chi connectivity index (χ2n) is 7.78. The molecule has 1 fully saturated rings. The van der Waals surface area contributed by atoms with Crippen molar-refractivity contribution >= 4 is 17.7 Å². The molecule has 2 amide bonds. The van der Waals surface area contributed by atoms with E-state index in [4.69, 9.17) is 9.26 Å². The fraction of sp³-hybridized carbons (Fsp3) is 0.333. The average Bonchev–Trinajstić information content (AvgIpc) is 3.30. The van der Waals surface area contributed by atoms with Crippen molar-refractivity contribution in [3.05, 3.63) is 65.5 Å². The Morgan fingerprint density at radius 3 is 2.56 bits per heavy atom. The van der Waals surface area contributed by atoms with Gasteiger partial charge in [0.1, 0.15) is 0 Å². The van der Waals surface area contributed by atoms with Crippen LogP contribution in [0.15, 0.2) is 53.1 Å². The summed E-state index contributed by atoms with van der Waals surface area (Å²) in [5.41, 5.74) is 2.88. The lowest BCUT2D eigenvalue weighted by molar-refractivity contribution is 0.0527. The topological polar surface area (TPSA) is 97.6 Å². The number of nitrogens with one attached hydrogen (secondary N) is 1. The van der Waals surface area contributed by atoms with Gasteiger partial charge in [-0.25, -0.2) is 9.59 Å². The lowest BCUT2D eigenvalue weighted by Crippen LogP contribution is -2.40. The van der Waals surface area contributed by atoms with Gasteiger partial charge in [-0.2, -0.15) is 4.98 Å². The number of likely N-dealkylation sites (tertiary alicyclic amines) is 1. The minimum absolute atomic E-state index is 0.109. The molecular weight excluding hydrogens is 408 g/mol. The molecule has 3 aromatic rings. The second-order valence-corrected chi connectivity index (χ2v) is 7.78. The van der Waals surface area contributed by atoms with E-state index >= 15 is 0 Å². The molecule has 1 aliphatic heterocycles. The molecule has 0 unspecified atom stereocenters. The van der Waals surface area contributed by atoms with Crippen molar-refractivity contribution < 1.29 is 18.8 Å². The number of nitrogens with zero attached hydrogens (tertiary/aromatic N) is 3. The molecule has 1 saturated heterocycles. The molecule has 2 aromatic carbocycles. The van der Waals surface area contributed by atoms with E-state index in [0.29, 0.717) is 36.1 Å². The van der Waals surface area contributed by atoms with Crippen molar-refractivity contribution in [2.75, 3.05) is 25.0 Å². The number of hydrogen-bond donors (Lipinski definition) is 1. The molecule has 4 rings (SSSR count). The van der Waals surface area contributed by atoms with Crippen molar-refractivity contribution in [1.82, 2.24) is 15.0 Å². The molecule has 0 saturated carbocycles. The normalized spacial score (nSPS) is 14.2. The summed E-state index contributed by atoms with van der Waals surface area (Å²) in [6, 6.07) is 14.6. The molecule has 1 N–H and O–H groups in total. The SMILES string of the molecule is CCOC(=O)c1ccccc1NC(=O)N1CCC(c2nc(-c3ccc(C)cc3)no2)CC1. The van der Waals surface area contributed by atoms with Gasteiger partial charge in [0.2, 0.25) is 11.7 Å². The van der Waals surface area contributed by atoms with Gasteiger partial charge >= 0.3 is 12.0 Å². The number of esters is 1. The van der Waals surface area contributed by atoms with E-state index in [1.54, 1.807) is 36.1 Å². The monoisotopic (exact) mass is 434 g/mol. The number of para-hydroxylation sites is 1. The molecule has 0 radical (unpaired) electrons. The van der Waals surface area contributed by atoms with E-state index in [9.17, 15) is 9.59 Å². The van der Waals surface area contributed by atoms with Crippen LogP contribution < -0.4 is 5.32 Å². The van der Waals surface area contributed by atoms with E-state index < -0.39 is 5.97 Å². The number of benzene rings is 2. The summed E-state index contributed by atoms with van der Waals surface area (Å²) in [6.45, 7) is 5.16. The Morgan fingerprint density at radius 2 is 1.84 bits per heavy atom. The van der Waals surface area contributed by atoms with Crippen LogP contribution in [0.4, 0.5) is 10.5 Å². The summed E-state index contributed by atoms with van der Waals surface area (Å²) in [4.78, 5) is 31.2. The van der Waals surface area contributed by atoms with Crippen LogP contribution >= 0.6 is 0 Å². The van der Waals surface area contributed by atoms with Crippen molar-refractivity contribution in [3.8, 4) is 11.4 Å². The van der Waals surface area contributed by atoms with E-state index in [-0.39, 0.29) is 18.6 Å². The summed E-state index contributed by atoms with van der Waals surface area (Å²) in [5.74, 6) is 0.837. The van der Waals surface area contributed by atoms with Gasteiger partial charge in [-0.3, -0.25) is 0 Å². The van der Waals surface area contributed by atoms with Crippen LogP contribution in [0.25, 0.3) is 11.4 Å². The van der Waals surface area contributed by atoms with Gasteiger partial charge < -0.3 is 19.5 Å². The number of piperidine rings is 1. The number of anilines is 1. The summed E-state index contributed by atoms with van der Waals surface area (Å²) in [5, 5.41) is 6.96. The zero-order valence-electron chi connectivity index (χ0n) is 18.2. The highest BCUT2D eigenvalue weighted by molar-refractivity contribution is 6.00. The summed E-state index contributed by atoms with van der Waals surface area (Å²) >= 11 is 0. The first-order valence-corrected chi connectivity index (χ1v) is 10.8. The third kappa shape index (κ3) is 4.80. The number of hydrogen-bond acceptors (Lipinski definition) is 6. The molecule has 0 bridgehead atoms. The quantitative estimate of drug-likeness (QED) is 0.588. The molecule has 0 spiro atoms. The van der Waals surface area contributed by atoms with Crippen LogP contribution in [0, 0.1) is 6.92 Å². The van der Waals surface area contributed by atoms with Gasteiger partial charge in [-0.05, 0) is 38.8 Å². The van der Waals surface area contributed by atoms with E-state index in [2.05, 4.69) is 15.5 Å². The highest BCUT2D eigenvalue weighted by Gasteiger charge is 2.28. The number of aromatic nitrogens is 2. The fourth-order valence-corrected chi connectivity index (χ4v) is 3.72. The molecule has 1 aromatic heterocycles. The Morgan fingerprint density at radius 1 is 1.12 bits per heavy atom. The van der Waals surface area contributed by atoms with Gasteiger partial charge in [-0.1, -0.05) is 47.1 Å². The summed E-state index contributed by atoms with van der Waals surface area (Å²) < 4.78 is 10.6. The number of aryl methyl sites for hydroxylation is 1. The predicted octanol–water partition coefficient (Wildman–Crippen LogP) is 4.63. The lowest BCUT2D eigenvalue weighted by Gasteiger charge is -2.30. The van der Waals surface area contributed by atoms with Crippen molar-refractivity contribution in [1.29, 1.82) is 0 Å². The number of urea groups is 1. The highest BCUT2D eigenvalue weighted by Crippen LogP contribution is 2.29. The molecule has 166 valence electrons. The summed E-state index contributed by atoms with van der Waals surface area (Å²) in [7, 11) is 0. The Kier molecular flexibility index (Phi) is 6.49. The Bertz CT molecular complexity index is 1090. The van der Waals surface area contributed by atoms with Crippen molar-refractivity contribution in [2.24, 2.45) is 0 Å². The largest absolute Gasteiger partial charge is 0.462 e. The third-order valence-electron chi connectivity index (χ3n) is 5.55. The Hall–Kier alpha value is -3.68. The smallest absolute Gasteiger partial charge is 0.340 e. The number of ether oxygens (including phenoxy) is 1. The molecule has 1 aliphatic rings. The van der Waals surface area contributed by atoms with Crippen molar-refractivity contribution in [2.45, 2.75) is 32.6 Å². The van der Waals surface area contributed by atoms with Gasteiger partial charge in [-0.15, -0.1) is 0 Å². The molecule has 8 heteroatoms. The minimum atomic E-state index is -0.456. The van der Waals surface area contributed by atoms with Crippen LogP contribution in [-0.2, 0) is 4.74 Å². The minimum Gasteiger partial charge on any atom is -0.462 e. The first-order chi connectivity index (χ1) is 15.5. The first-order valence-electron chi connectivity index (χ1n) is 10.8. The van der Waals surface area contributed by atoms with Crippen LogP contribution in [0.1, 0.15) is 47.5 Å². The van der Waals surface area contributed by atoms with Crippen LogP contribution in [0.2, 0.25) is 0 Å². The van der Waals surface area contributed by atoms with Gasteiger partial charge in [0.05, 0.1) is 17.9 Å². The predicted molar refractivity (Wildman–Crippen MR) is 119 cm³/mol. The van der Waals surface area contributed by atoms with Crippen LogP contribution in [0.5, 0.6) is 0 Å².